The molecule has 1 aromatic rings. The van der Waals surface area contributed by atoms with Gasteiger partial charge >= 0.3 is 0 Å². The third-order valence-corrected chi connectivity index (χ3v) is 4.44. The summed E-state index contributed by atoms with van der Waals surface area (Å²) in [6.45, 7) is 7.71. The van der Waals surface area contributed by atoms with Crippen molar-refractivity contribution in [2.75, 3.05) is 7.11 Å². The lowest BCUT2D eigenvalue weighted by Gasteiger charge is -2.40. The van der Waals surface area contributed by atoms with Gasteiger partial charge in [-0.05, 0) is 5.56 Å². The number of benzene rings is 1. The molecule has 0 amide bonds. The lowest BCUT2D eigenvalue weighted by molar-refractivity contribution is -0.164. The van der Waals surface area contributed by atoms with Crippen LogP contribution in [-0.4, -0.2) is 47.5 Å². The predicted molar refractivity (Wildman–Crippen MR) is 84.1 cm³/mol. The van der Waals surface area contributed by atoms with Crippen molar-refractivity contribution in [3.05, 3.63) is 59.1 Å². The third-order valence-electron chi connectivity index (χ3n) is 4.44. The molecule has 1 saturated heterocycles. The molecule has 5 atom stereocenters. The summed E-state index contributed by atoms with van der Waals surface area (Å²) < 4.78 is 10.9. The first-order valence-electron chi connectivity index (χ1n) is 7.68. The minimum atomic E-state index is -1.18. The molecule has 1 aromatic carbocycles. The highest BCUT2D eigenvalue weighted by atomic mass is 16.7. The second-order valence-corrected chi connectivity index (χ2v) is 5.92. The lowest BCUT2D eigenvalue weighted by Crippen LogP contribution is -2.61. The van der Waals surface area contributed by atoms with Crippen LogP contribution in [0, 0.1) is 6.57 Å². The molecule has 24 heavy (non-hydrogen) atoms. The number of hydrogen-bond donors (Lipinski definition) is 3. The zero-order chi connectivity index (χ0) is 17.2. The molecule has 0 aromatic heterocycles. The largest absolute Gasteiger partial charge is 0.388 e. The molecule has 3 N–H and O–H groups in total. The van der Waals surface area contributed by atoms with Crippen molar-refractivity contribution in [3.8, 4) is 0 Å². The number of hydroxylamine groups is 1. The van der Waals surface area contributed by atoms with Crippen molar-refractivity contribution in [3.63, 3.8) is 0 Å². The van der Waals surface area contributed by atoms with Crippen LogP contribution < -0.4 is 5.48 Å². The average molecular weight is 332 g/mol. The third kappa shape index (κ3) is 2.96. The molecule has 3 rings (SSSR count). The van der Waals surface area contributed by atoms with Crippen LogP contribution in [0.2, 0.25) is 0 Å². The van der Waals surface area contributed by atoms with E-state index in [1.165, 1.54) is 13.2 Å². The van der Waals surface area contributed by atoms with Gasteiger partial charge in [0.15, 0.2) is 12.0 Å². The Kier molecular flexibility index (Phi) is 4.96. The Morgan fingerprint density at radius 2 is 2.12 bits per heavy atom. The van der Waals surface area contributed by atoms with Crippen molar-refractivity contribution in [2.45, 2.75) is 43.2 Å². The number of nitrogens with one attached hydrogen (secondary N) is 1. The summed E-state index contributed by atoms with van der Waals surface area (Å²) in [5, 5.41) is 20.2. The monoisotopic (exact) mass is 332 g/mol. The van der Waals surface area contributed by atoms with Crippen molar-refractivity contribution < 1.29 is 24.5 Å². The summed E-state index contributed by atoms with van der Waals surface area (Å²) in [7, 11) is 1.49. The Hall–Kier alpha value is -1.79. The molecule has 0 spiro atoms. The van der Waals surface area contributed by atoms with E-state index in [2.05, 4.69) is 10.3 Å². The molecule has 0 bridgehead atoms. The van der Waals surface area contributed by atoms with Gasteiger partial charge in [-0.3, -0.25) is 4.84 Å². The van der Waals surface area contributed by atoms with Gasteiger partial charge in [-0.1, -0.05) is 36.4 Å². The van der Waals surface area contributed by atoms with Crippen LogP contribution in [0.15, 0.2) is 42.1 Å². The van der Waals surface area contributed by atoms with Crippen LogP contribution in [0.25, 0.3) is 4.85 Å². The highest BCUT2D eigenvalue weighted by Crippen LogP contribution is 2.43. The van der Waals surface area contributed by atoms with E-state index < -0.39 is 30.1 Å². The van der Waals surface area contributed by atoms with Crippen LogP contribution in [0.1, 0.15) is 12.0 Å². The first kappa shape index (κ1) is 17.0. The number of aliphatic hydroxyl groups is 2. The van der Waals surface area contributed by atoms with Crippen LogP contribution >= 0.6 is 0 Å². The Balaban J connectivity index is 1.82. The SMILES string of the molecule is [C-]#[N+]C1=CC(O)[C@@H](O)C2O[C@H](OC)C[C@@]12NOCc1ccccc1. The molecule has 1 aliphatic heterocycles. The Labute approximate surface area is 140 Å². The molecule has 1 heterocycles. The van der Waals surface area contributed by atoms with E-state index in [-0.39, 0.29) is 12.3 Å². The van der Waals surface area contributed by atoms with Crippen LogP contribution in [0.3, 0.4) is 0 Å². The maximum Gasteiger partial charge on any atom is 0.189 e. The number of aliphatic hydroxyl groups excluding tert-OH is 2. The second-order valence-electron chi connectivity index (χ2n) is 5.92. The molecule has 1 aliphatic carbocycles. The van der Waals surface area contributed by atoms with E-state index >= 15 is 0 Å². The lowest BCUT2D eigenvalue weighted by atomic mass is 9.79. The molecule has 7 nitrogen and oxygen atoms in total. The molecule has 7 heteroatoms. The van der Waals surface area contributed by atoms with Crippen LogP contribution in [0.4, 0.5) is 0 Å². The summed E-state index contributed by atoms with van der Waals surface area (Å²) in [5.74, 6) is 0. The van der Waals surface area contributed by atoms with Gasteiger partial charge in [-0.25, -0.2) is 4.85 Å². The predicted octanol–water partition coefficient (Wildman–Crippen LogP) is 0.747. The zero-order valence-corrected chi connectivity index (χ0v) is 13.3. The number of methoxy groups -OCH3 is 1. The van der Waals surface area contributed by atoms with E-state index in [9.17, 15) is 10.2 Å². The Morgan fingerprint density at radius 1 is 1.38 bits per heavy atom. The minimum Gasteiger partial charge on any atom is -0.388 e. The summed E-state index contributed by atoms with van der Waals surface area (Å²) in [6.07, 6.45) is -2.16. The molecular weight excluding hydrogens is 312 g/mol. The molecule has 1 fully saturated rings. The van der Waals surface area contributed by atoms with Gasteiger partial charge in [-0.15, -0.1) is 0 Å². The number of hydrogen-bond acceptors (Lipinski definition) is 6. The normalized spacial score (nSPS) is 35.2. The topological polar surface area (TPSA) is 84.5 Å². The maximum absolute atomic E-state index is 10.3. The molecule has 2 aliphatic rings. The number of nitrogens with zero attached hydrogens (tertiary/aromatic N) is 1. The summed E-state index contributed by atoms with van der Waals surface area (Å²) in [5.41, 5.74) is 3.05. The standard InChI is InChI=1S/C17H20N2O5/c1-18-13-8-12(20)15(21)16-17(13,9-14(22-2)24-16)19-23-10-11-6-4-3-5-7-11/h3-8,12,14-16,19-21H,9-10H2,2H3/t12?,14-,15+,16?,17+/m0/s1. The van der Waals surface area contributed by atoms with Crippen molar-refractivity contribution in [2.24, 2.45) is 0 Å². The van der Waals surface area contributed by atoms with E-state index in [0.717, 1.165) is 5.56 Å². The summed E-state index contributed by atoms with van der Waals surface area (Å²) in [6, 6.07) is 9.57. The van der Waals surface area contributed by atoms with Crippen molar-refractivity contribution in [1.29, 1.82) is 0 Å². The van der Waals surface area contributed by atoms with Crippen LogP contribution in [-0.2, 0) is 20.9 Å². The smallest absolute Gasteiger partial charge is 0.189 e. The van der Waals surface area contributed by atoms with Gasteiger partial charge in [0.2, 0.25) is 0 Å². The zero-order valence-electron chi connectivity index (χ0n) is 13.3. The summed E-state index contributed by atoms with van der Waals surface area (Å²) in [4.78, 5) is 9.11. The average Bonchev–Trinajstić information content (AvgIpc) is 2.99. The fraction of sp³-hybridized carbons (Fsp3) is 0.471. The van der Waals surface area contributed by atoms with E-state index in [1.54, 1.807) is 0 Å². The fourth-order valence-corrected chi connectivity index (χ4v) is 3.17. The first-order valence-corrected chi connectivity index (χ1v) is 7.68. The molecular formula is C17H20N2O5. The minimum absolute atomic E-state index is 0.248. The molecule has 0 radical (unpaired) electrons. The molecule has 2 unspecified atom stereocenters. The van der Waals surface area contributed by atoms with Crippen molar-refractivity contribution in [1.82, 2.24) is 5.48 Å². The Bertz CT molecular complexity index is 644. The summed E-state index contributed by atoms with van der Waals surface area (Å²) >= 11 is 0. The molecule has 128 valence electrons. The first-order chi connectivity index (χ1) is 11.6. The number of rotatable bonds is 5. The Morgan fingerprint density at radius 3 is 2.79 bits per heavy atom. The van der Waals surface area contributed by atoms with Crippen LogP contribution in [0.5, 0.6) is 0 Å². The van der Waals surface area contributed by atoms with Gasteiger partial charge in [0.1, 0.15) is 17.7 Å². The molecule has 0 saturated carbocycles. The van der Waals surface area contributed by atoms with E-state index in [1.807, 2.05) is 30.3 Å². The van der Waals surface area contributed by atoms with E-state index in [0.29, 0.717) is 6.42 Å². The quantitative estimate of drug-likeness (QED) is 0.545. The number of ether oxygens (including phenoxy) is 2. The van der Waals surface area contributed by atoms with Gasteiger partial charge in [0, 0.05) is 13.5 Å². The number of fused-ring (bicyclic) bond motifs is 1. The van der Waals surface area contributed by atoms with E-state index in [4.69, 9.17) is 20.9 Å². The second kappa shape index (κ2) is 6.99. The highest BCUT2D eigenvalue weighted by molar-refractivity contribution is 5.36. The highest BCUT2D eigenvalue weighted by Gasteiger charge is 2.59. The van der Waals surface area contributed by atoms with Gasteiger partial charge < -0.3 is 19.7 Å². The van der Waals surface area contributed by atoms with Gasteiger partial charge in [0.25, 0.3) is 0 Å². The fourth-order valence-electron chi connectivity index (χ4n) is 3.17. The van der Waals surface area contributed by atoms with Crippen molar-refractivity contribution >= 4 is 0 Å². The van der Waals surface area contributed by atoms with Gasteiger partial charge in [0.05, 0.1) is 19.3 Å². The van der Waals surface area contributed by atoms with Gasteiger partial charge in [-0.2, -0.15) is 5.48 Å². The maximum atomic E-state index is 10.3.